The Morgan fingerprint density at radius 2 is 0.364 bits per heavy atom. The summed E-state index contributed by atoms with van der Waals surface area (Å²) < 4.78 is 0. The van der Waals surface area contributed by atoms with Crippen molar-refractivity contribution in [2.45, 2.75) is 250 Å². The first-order valence-electron chi connectivity index (χ1n) is 28.5. The van der Waals surface area contributed by atoms with Gasteiger partial charge in [0.05, 0.1) is 0 Å². The molecule has 0 nitrogen and oxygen atoms in total. The molecule has 0 atom stereocenters. The Kier molecular flexibility index (Phi) is 17.6. The first-order valence-corrected chi connectivity index (χ1v) is 28.5. The zero-order valence-electron chi connectivity index (χ0n) is 44.7. The van der Waals surface area contributed by atoms with Crippen molar-refractivity contribution >= 4 is 43.1 Å². The largest absolute Gasteiger partial charge is 0.0651 e. The molecule has 0 spiro atoms. The lowest BCUT2D eigenvalue weighted by Crippen LogP contribution is -2.21. The van der Waals surface area contributed by atoms with Gasteiger partial charge in [-0.1, -0.05) is 160 Å². The smallest absolute Gasteiger partial charge is 0.00141 e. The predicted octanol–water partition coefficient (Wildman–Crippen LogP) is 19.2. The number of aryl methyl sites for hydroxylation is 6. The van der Waals surface area contributed by atoms with Gasteiger partial charge in [-0.05, 0) is 246 Å². The first-order chi connectivity index (χ1) is 32.3. The van der Waals surface area contributed by atoms with E-state index in [9.17, 15) is 0 Å². The monoisotopic (exact) mass is 885 g/mol. The normalized spacial score (nSPS) is 12.7. The molecule has 1 aliphatic rings. The Bertz CT molecular complexity index is 2480. The topological polar surface area (TPSA) is 0 Å². The van der Waals surface area contributed by atoms with Gasteiger partial charge in [0, 0.05) is 0 Å². The third-order valence-electron chi connectivity index (χ3n) is 16.0. The van der Waals surface area contributed by atoms with E-state index in [2.05, 4.69) is 107 Å². The highest BCUT2D eigenvalue weighted by Gasteiger charge is 2.31. The Morgan fingerprint density at radius 1 is 0.197 bits per heavy atom. The minimum Gasteiger partial charge on any atom is -0.0651 e. The van der Waals surface area contributed by atoms with Crippen LogP contribution in [0.2, 0.25) is 0 Å². The van der Waals surface area contributed by atoms with Crippen LogP contribution >= 0.6 is 0 Å². The Balaban J connectivity index is 1.66. The molecule has 66 heavy (non-hydrogen) atoms. The molecule has 0 heterocycles. The van der Waals surface area contributed by atoms with Crippen molar-refractivity contribution in [3.63, 3.8) is 0 Å². The van der Waals surface area contributed by atoms with Crippen LogP contribution in [-0.4, -0.2) is 0 Å². The molecule has 0 fully saturated rings. The minimum absolute atomic E-state index is 1.13. The third-order valence-corrected chi connectivity index (χ3v) is 16.0. The van der Waals surface area contributed by atoms with Gasteiger partial charge in [-0.2, -0.15) is 0 Å². The quantitative estimate of drug-likeness (QED) is 0.0531. The SMILES string of the molecule is CCCc1c(CCC)c(CCC)c2c(c1CCC)Cc1c(c(CCC)c3cc4c(CCC)c5cc6c(CCC)c(CCC)c(CCC)c(CCC)c6cc5c(CCC)c4cc3c1CCC)C2. The maximum Gasteiger partial charge on any atom is -0.00141 e. The van der Waals surface area contributed by atoms with E-state index in [0.717, 1.165) is 51.4 Å². The van der Waals surface area contributed by atoms with Gasteiger partial charge < -0.3 is 0 Å². The molecule has 0 bridgehead atoms. The molecule has 0 N–H and O–H groups in total. The molecule has 0 radical (unpaired) electrons. The highest BCUT2D eigenvalue weighted by molar-refractivity contribution is 6.15. The molecule has 0 amide bonds. The molecular formula is C66H92. The second-order valence-electron chi connectivity index (χ2n) is 20.9. The zero-order valence-corrected chi connectivity index (χ0v) is 44.7. The van der Waals surface area contributed by atoms with Crippen molar-refractivity contribution in [2.75, 3.05) is 0 Å². The highest BCUT2D eigenvalue weighted by Crippen LogP contribution is 2.47. The van der Waals surface area contributed by atoms with E-state index in [1.54, 1.807) is 132 Å². The van der Waals surface area contributed by atoms with Gasteiger partial charge in [0.2, 0.25) is 0 Å². The van der Waals surface area contributed by atoms with Gasteiger partial charge in [0.15, 0.2) is 0 Å². The molecule has 6 aromatic rings. The lowest BCUT2D eigenvalue weighted by Gasteiger charge is -2.34. The molecular weight excluding hydrogens is 793 g/mol. The second kappa shape index (κ2) is 23.1. The average Bonchev–Trinajstić information content (AvgIpc) is 3.31. The van der Waals surface area contributed by atoms with Crippen molar-refractivity contribution in [3.8, 4) is 0 Å². The van der Waals surface area contributed by atoms with E-state index in [0.29, 0.717) is 0 Å². The minimum atomic E-state index is 1.13. The van der Waals surface area contributed by atoms with Crippen LogP contribution in [0.4, 0.5) is 0 Å². The van der Waals surface area contributed by atoms with Crippen LogP contribution in [-0.2, 0) is 89.9 Å². The van der Waals surface area contributed by atoms with Gasteiger partial charge in [-0.3, -0.25) is 0 Å². The van der Waals surface area contributed by atoms with Crippen LogP contribution in [0.15, 0.2) is 24.3 Å². The van der Waals surface area contributed by atoms with Crippen LogP contribution in [0.1, 0.15) is 249 Å². The van der Waals surface area contributed by atoms with Gasteiger partial charge in [-0.15, -0.1) is 0 Å². The van der Waals surface area contributed by atoms with E-state index >= 15 is 0 Å². The van der Waals surface area contributed by atoms with E-state index in [1.165, 1.54) is 116 Å². The van der Waals surface area contributed by atoms with Crippen LogP contribution < -0.4 is 0 Å². The van der Waals surface area contributed by atoms with Crippen molar-refractivity contribution in [1.29, 1.82) is 0 Å². The maximum atomic E-state index is 2.79. The fourth-order valence-corrected chi connectivity index (χ4v) is 13.7. The third kappa shape index (κ3) is 9.16. The van der Waals surface area contributed by atoms with E-state index < -0.39 is 0 Å². The molecule has 0 saturated heterocycles. The molecule has 0 aliphatic heterocycles. The molecule has 0 aromatic heterocycles. The number of rotatable bonds is 24. The molecule has 6 aromatic carbocycles. The second-order valence-corrected chi connectivity index (χ2v) is 20.9. The molecule has 356 valence electrons. The van der Waals surface area contributed by atoms with Crippen molar-refractivity contribution < 1.29 is 0 Å². The van der Waals surface area contributed by atoms with E-state index in [4.69, 9.17) is 0 Å². The zero-order chi connectivity index (χ0) is 47.1. The summed E-state index contributed by atoms with van der Waals surface area (Å²) in [4.78, 5) is 0. The van der Waals surface area contributed by atoms with E-state index in [1.807, 2.05) is 0 Å². The van der Waals surface area contributed by atoms with Gasteiger partial charge in [0.1, 0.15) is 0 Å². The summed E-state index contributed by atoms with van der Waals surface area (Å²) in [5.74, 6) is 0. The number of hydrogen-bond donors (Lipinski definition) is 0. The summed E-state index contributed by atoms with van der Waals surface area (Å²) in [6.45, 7) is 29.0. The predicted molar refractivity (Wildman–Crippen MR) is 296 cm³/mol. The van der Waals surface area contributed by atoms with Crippen molar-refractivity contribution in [2.24, 2.45) is 0 Å². The summed E-state index contributed by atoms with van der Waals surface area (Å²) in [6.07, 6.45) is 31.0. The number of fused-ring (bicyclic) bond motifs is 6. The van der Waals surface area contributed by atoms with Crippen LogP contribution in [0.3, 0.4) is 0 Å². The van der Waals surface area contributed by atoms with Crippen LogP contribution in [0, 0.1) is 0 Å². The lowest BCUT2D eigenvalue weighted by atomic mass is 9.70. The lowest BCUT2D eigenvalue weighted by molar-refractivity contribution is 0.767. The number of benzene rings is 6. The van der Waals surface area contributed by atoms with Gasteiger partial charge in [-0.25, -0.2) is 0 Å². The summed E-state index contributed by atoms with van der Waals surface area (Å²) >= 11 is 0. The molecule has 7 rings (SSSR count). The Hall–Kier alpha value is -3.64. The fraction of sp³-hybridized carbons (Fsp3) is 0.576. The molecule has 0 saturated carbocycles. The summed E-state index contributed by atoms with van der Waals surface area (Å²) in [5.41, 5.74) is 27.3. The Morgan fingerprint density at radius 3 is 0.636 bits per heavy atom. The first kappa shape index (κ1) is 50.2. The standard InChI is InChI=1S/C66H92/c1-13-25-43-44(26-14-2)48(30-18-6)56-38-60-52(34-22-10)64-42-66-54(36-24-12)62-40-58-50(32-20-8)46(28-16-4)45(27-15-3)49(31-19-7)57(58)39-61(62)53(35-23-11)65(66)41-63(64)51(33-21-9)59(60)37-55(56)47(43)29-17-5/h37-38,41-42H,13-36,39-40H2,1-12H3. The summed E-state index contributed by atoms with van der Waals surface area (Å²) in [7, 11) is 0. The summed E-state index contributed by atoms with van der Waals surface area (Å²) in [6, 6.07) is 11.1. The van der Waals surface area contributed by atoms with Gasteiger partial charge >= 0.3 is 0 Å². The molecule has 1 aliphatic carbocycles. The highest BCUT2D eigenvalue weighted by atomic mass is 14.4. The summed E-state index contributed by atoms with van der Waals surface area (Å²) in [5, 5.41) is 12.6. The van der Waals surface area contributed by atoms with Crippen molar-refractivity contribution in [1.82, 2.24) is 0 Å². The fourth-order valence-electron chi connectivity index (χ4n) is 13.7. The van der Waals surface area contributed by atoms with E-state index in [-0.39, 0.29) is 0 Å². The number of hydrogen-bond acceptors (Lipinski definition) is 0. The van der Waals surface area contributed by atoms with Gasteiger partial charge in [0.25, 0.3) is 0 Å². The maximum absolute atomic E-state index is 2.79. The van der Waals surface area contributed by atoms with Crippen LogP contribution in [0.25, 0.3) is 43.1 Å². The average molecular weight is 885 g/mol. The molecule has 0 heteroatoms. The van der Waals surface area contributed by atoms with Crippen molar-refractivity contribution in [3.05, 3.63) is 113 Å². The van der Waals surface area contributed by atoms with Crippen LogP contribution in [0.5, 0.6) is 0 Å². The molecule has 0 unspecified atom stereocenters. The Labute approximate surface area is 404 Å².